The van der Waals surface area contributed by atoms with Crippen LogP contribution in [-0.4, -0.2) is 44.8 Å². The zero-order chi connectivity index (χ0) is 29.6. The molecule has 1 aromatic carbocycles. The molecule has 2 aromatic rings. The molecule has 210 valence electrons. The van der Waals surface area contributed by atoms with Crippen molar-refractivity contribution in [2.75, 3.05) is 7.11 Å². The summed E-state index contributed by atoms with van der Waals surface area (Å²) in [5.74, 6) is 4.16. The van der Waals surface area contributed by atoms with Gasteiger partial charge in [-0.3, -0.25) is 9.59 Å². The van der Waals surface area contributed by atoms with Crippen molar-refractivity contribution in [1.29, 1.82) is 0 Å². The van der Waals surface area contributed by atoms with Crippen LogP contribution in [0, 0.1) is 11.8 Å². The number of ether oxygens (including phenoxy) is 1. The predicted octanol–water partition coefficient (Wildman–Crippen LogP) is 5.87. The van der Waals surface area contributed by atoms with Gasteiger partial charge in [0.05, 0.1) is 24.1 Å². The smallest absolute Gasteiger partial charge is 0.416 e. The van der Waals surface area contributed by atoms with Crippen molar-refractivity contribution in [3.05, 3.63) is 75.9 Å². The molecule has 0 saturated carbocycles. The monoisotopic (exact) mass is 565 g/mol. The van der Waals surface area contributed by atoms with Gasteiger partial charge in [-0.15, -0.1) is 0 Å². The lowest BCUT2D eigenvalue weighted by atomic mass is 9.92. The number of carboxylic acid groups (broad SMARTS) is 1. The summed E-state index contributed by atoms with van der Waals surface area (Å²) in [7, 11) is 1.48. The number of imidazole rings is 1. The largest absolute Gasteiger partial charge is 0.481 e. The Hall–Kier alpha value is -3.55. The van der Waals surface area contributed by atoms with Crippen LogP contribution in [0.15, 0.2) is 48.1 Å². The van der Waals surface area contributed by atoms with Crippen molar-refractivity contribution in [3.8, 4) is 11.8 Å². The highest BCUT2D eigenvalue weighted by Crippen LogP contribution is 2.30. The summed E-state index contributed by atoms with van der Waals surface area (Å²) in [5.41, 5.74) is -1.43. The Balaban J connectivity index is 2.54. The Bertz CT molecular complexity index is 1330. The quantitative estimate of drug-likeness (QED) is 0.293. The summed E-state index contributed by atoms with van der Waals surface area (Å²) in [6, 6.07) is 4.50. The van der Waals surface area contributed by atoms with Crippen LogP contribution >= 0.6 is 11.6 Å². The van der Waals surface area contributed by atoms with E-state index in [0.29, 0.717) is 11.1 Å². The molecule has 7 nitrogen and oxygen atoms in total. The number of alkyl halides is 3. The van der Waals surface area contributed by atoms with E-state index in [-0.39, 0.29) is 29.6 Å². The molecule has 0 atom stereocenters. The number of carboxylic acids is 1. The fraction of sp³-hybridized carbons (Fsp3) is 0.393. The van der Waals surface area contributed by atoms with Gasteiger partial charge in [-0.1, -0.05) is 36.3 Å². The Morgan fingerprint density at radius 1 is 1.18 bits per heavy atom. The van der Waals surface area contributed by atoms with Crippen molar-refractivity contribution in [1.82, 2.24) is 14.9 Å². The first-order valence-electron chi connectivity index (χ1n) is 11.9. The molecule has 0 spiro atoms. The van der Waals surface area contributed by atoms with Crippen molar-refractivity contribution >= 4 is 23.5 Å². The maximum absolute atomic E-state index is 13.7. The second-order valence-corrected chi connectivity index (χ2v) is 9.98. The van der Waals surface area contributed by atoms with Crippen LogP contribution in [0.2, 0.25) is 5.28 Å². The number of benzene rings is 1. The number of halogens is 4. The van der Waals surface area contributed by atoms with E-state index >= 15 is 0 Å². The molecule has 0 aliphatic heterocycles. The standard InChI is InChI=1S/C28H31ClF3N3O4/c1-7-19(9-8-10-22(36)37)27(4,5)34-24(38)23-21(15-16-26(2,3)39-6)33-25(29)35(23)17-18-11-13-20(14-12-18)28(30,31)32/h7-9,11-14H,10,17H2,1-6H3,(H,34,38)(H,36,37)/b9-8-,19-7+. The number of aromatic nitrogens is 2. The number of amides is 1. The van der Waals surface area contributed by atoms with Crippen molar-refractivity contribution in [3.63, 3.8) is 0 Å². The molecule has 2 rings (SSSR count). The molecular formula is C28H31ClF3N3O4. The molecule has 0 bridgehead atoms. The van der Waals surface area contributed by atoms with Crippen LogP contribution in [0.25, 0.3) is 0 Å². The molecule has 0 saturated heterocycles. The van der Waals surface area contributed by atoms with Gasteiger partial charge in [-0.05, 0) is 75.4 Å². The maximum atomic E-state index is 13.7. The zero-order valence-electron chi connectivity index (χ0n) is 22.5. The van der Waals surface area contributed by atoms with Crippen LogP contribution in [0.1, 0.15) is 68.3 Å². The van der Waals surface area contributed by atoms with Crippen molar-refractivity contribution in [2.24, 2.45) is 0 Å². The normalized spacial score (nSPS) is 12.8. The fourth-order valence-corrected chi connectivity index (χ4v) is 3.73. The SMILES string of the molecule is C/C=C(\C=C/CC(=O)O)C(C)(C)NC(=O)c1c(C#CC(C)(C)OC)nc(Cl)n1Cc1ccc(C(F)(F)F)cc1. The summed E-state index contributed by atoms with van der Waals surface area (Å²) >= 11 is 6.41. The van der Waals surface area contributed by atoms with Gasteiger partial charge < -0.3 is 19.7 Å². The number of hydrogen-bond acceptors (Lipinski definition) is 4. The predicted molar refractivity (Wildman–Crippen MR) is 142 cm³/mol. The highest BCUT2D eigenvalue weighted by molar-refractivity contribution is 6.29. The lowest BCUT2D eigenvalue weighted by Gasteiger charge is -2.28. The highest BCUT2D eigenvalue weighted by atomic mass is 35.5. The minimum atomic E-state index is -4.48. The number of rotatable bonds is 9. The van der Waals surface area contributed by atoms with E-state index in [1.54, 1.807) is 46.8 Å². The van der Waals surface area contributed by atoms with E-state index < -0.39 is 34.8 Å². The molecule has 2 N–H and O–H groups in total. The lowest BCUT2D eigenvalue weighted by molar-refractivity contribution is -0.138. The second kappa shape index (κ2) is 12.5. The first-order chi connectivity index (χ1) is 18.0. The van der Waals surface area contributed by atoms with Gasteiger partial charge in [0, 0.05) is 7.11 Å². The molecule has 0 aliphatic rings. The van der Waals surface area contributed by atoms with E-state index in [1.165, 1.54) is 29.9 Å². The summed E-state index contributed by atoms with van der Waals surface area (Å²) < 4.78 is 45.7. The minimum absolute atomic E-state index is 0.0114. The van der Waals surface area contributed by atoms with Crippen LogP contribution in [-0.2, 0) is 22.3 Å². The second-order valence-electron chi connectivity index (χ2n) is 9.65. The minimum Gasteiger partial charge on any atom is -0.481 e. The van der Waals surface area contributed by atoms with Gasteiger partial charge in [0.2, 0.25) is 5.28 Å². The summed E-state index contributed by atoms with van der Waals surface area (Å²) in [4.78, 5) is 28.8. The maximum Gasteiger partial charge on any atom is 0.416 e. The zero-order valence-corrected chi connectivity index (χ0v) is 23.3. The Morgan fingerprint density at radius 3 is 2.31 bits per heavy atom. The lowest BCUT2D eigenvalue weighted by Crippen LogP contribution is -2.45. The third kappa shape index (κ3) is 8.73. The molecule has 1 amide bonds. The number of aliphatic carboxylic acids is 1. The molecule has 0 radical (unpaired) electrons. The number of nitrogens with zero attached hydrogens (tertiary/aromatic N) is 2. The van der Waals surface area contributed by atoms with E-state index in [4.69, 9.17) is 21.4 Å². The molecule has 1 aromatic heterocycles. The summed E-state index contributed by atoms with van der Waals surface area (Å²) in [5, 5.41) is 11.8. The molecule has 0 aliphatic carbocycles. The first-order valence-corrected chi connectivity index (χ1v) is 12.3. The van der Waals surface area contributed by atoms with Crippen molar-refractivity contribution in [2.45, 2.75) is 64.9 Å². The van der Waals surface area contributed by atoms with Gasteiger partial charge in [-0.2, -0.15) is 13.2 Å². The Labute approximate surface area is 230 Å². The molecule has 11 heteroatoms. The van der Waals surface area contributed by atoms with Gasteiger partial charge in [0.1, 0.15) is 17.0 Å². The highest BCUT2D eigenvalue weighted by Gasteiger charge is 2.31. The summed E-state index contributed by atoms with van der Waals surface area (Å²) in [6.07, 6.45) is 0.157. The van der Waals surface area contributed by atoms with Crippen LogP contribution in [0.3, 0.4) is 0 Å². The van der Waals surface area contributed by atoms with Crippen LogP contribution in [0.5, 0.6) is 0 Å². The van der Waals surface area contributed by atoms with E-state index in [9.17, 15) is 22.8 Å². The van der Waals surface area contributed by atoms with E-state index in [2.05, 4.69) is 22.1 Å². The summed E-state index contributed by atoms with van der Waals surface area (Å²) in [6.45, 7) is 8.64. The van der Waals surface area contributed by atoms with Crippen molar-refractivity contribution < 1.29 is 32.6 Å². The van der Waals surface area contributed by atoms with Crippen LogP contribution in [0.4, 0.5) is 13.2 Å². The third-order valence-corrected chi connectivity index (χ3v) is 6.09. The van der Waals surface area contributed by atoms with E-state index in [1.807, 2.05) is 0 Å². The molecule has 0 fully saturated rings. The van der Waals surface area contributed by atoms with Crippen LogP contribution < -0.4 is 5.32 Å². The number of methoxy groups -OCH3 is 1. The van der Waals surface area contributed by atoms with E-state index in [0.717, 1.165) is 12.1 Å². The average Bonchev–Trinajstić information content (AvgIpc) is 3.14. The Morgan fingerprint density at radius 2 is 1.79 bits per heavy atom. The molecule has 39 heavy (non-hydrogen) atoms. The molecule has 1 heterocycles. The topological polar surface area (TPSA) is 93.5 Å². The van der Waals surface area contributed by atoms with Gasteiger partial charge in [-0.25, -0.2) is 4.98 Å². The first kappa shape index (κ1) is 31.7. The number of nitrogens with one attached hydrogen (secondary N) is 1. The number of carbonyl (C=O) groups excluding carboxylic acids is 1. The fourth-order valence-electron chi connectivity index (χ4n) is 3.50. The number of carbonyl (C=O) groups is 2. The number of hydrogen-bond donors (Lipinski definition) is 2. The number of allylic oxidation sites excluding steroid dienone is 1. The Kier molecular flexibility index (Phi) is 10.2. The van der Waals surface area contributed by atoms with Gasteiger partial charge >= 0.3 is 12.1 Å². The molecule has 0 unspecified atom stereocenters. The average molecular weight is 566 g/mol. The molecular weight excluding hydrogens is 535 g/mol. The van der Waals surface area contributed by atoms with Gasteiger partial charge in [0.25, 0.3) is 5.91 Å². The van der Waals surface area contributed by atoms with Gasteiger partial charge in [0.15, 0.2) is 0 Å². The third-order valence-electron chi connectivity index (χ3n) is 5.80.